The van der Waals surface area contributed by atoms with Gasteiger partial charge in [-0.1, -0.05) is 31.5 Å². The second-order valence-electron chi connectivity index (χ2n) is 7.84. The van der Waals surface area contributed by atoms with Crippen molar-refractivity contribution in [1.82, 2.24) is 4.90 Å². The number of hydrogen-bond acceptors (Lipinski definition) is 3. The fraction of sp³-hybridized carbons (Fsp3) is 0.474. The Balaban J connectivity index is 1.73. The number of carbonyl (C=O) groups excluding carboxylic acids is 2. The summed E-state index contributed by atoms with van der Waals surface area (Å²) >= 11 is 5.68. The van der Waals surface area contributed by atoms with Crippen LogP contribution < -0.4 is 5.73 Å². The SMILES string of the molecule is CC1(C)C[C@]2(C=C(N)C1=O)CCN(C(=O)Cc1ccc(Cl)c(F)c1)C2. The molecule has 1 fully saturated rings. The van der Waals surface area contributed by atoms with E-state index >= 15 is 0 Å². The molecule has 0 aromatic heterocycles. The Morgan fingerprint density at radius 1 is 1.40 bits per heavy atom. The lowest BCUT2D eigenvalue weighted by Crippen LogP contribution is -2.42. The summed E-state index contributed by atoms with van der Waals surface area (Å²) in [6.45, 7) is 4.96. The van der Waals surface area contributed by atoms with Crippen LogP contribution in [0.15, 0.2) is 30.0 Å². The monoisotopic (exact) mass is 364 g/mol. The first kappa shape index (κ1) is 17.9. The van der Waals surface area contributed by atoms with Crippen LogP contribution in [0, 0.1) is 16.6 Å². The van der Waals surface area contributed by atoms with E-state index in [4.69, 9.17) is 17.3 Å². The van der Waals surface area contributed by atoms with E-state index in [1.165, 1.54) is 12.1 Å². The smallest absolute Gasteiger partial charge is 0.227 e. The maximum Gasteiger partial charge on any atom is 0.227 e. The van der Waals surface area contributed by atoms with Gasteiger partial charge in [0.1, 0.15) is 5.82 Å². The summed E-state index contributed by atoms with van der Waals surface area (Å²) in [6, 6.07) is 4.42. The van der Waals surface area contributed by atoms with Crippen LogP contribution in [0.1, 0.15) is 32.3 Å². The van der Waals surface area contributed by atoms with Crippen LogP contribution in [-0.2, 0) is 16.0 Å². The third-order valence-electron chi connectivity index (χ3n) is 5.21. The molecule has 4 nitrogen and oxygen atoms in total. The molecule has 1 amide bonds. The zero-order valence-electron chi connectivity index (χ0n) is 14.4. The lowest BCUT2D eigenvalue weighted by atomic mass is 9.65. The third-order valence-corrected chi connectivity index (χ3v) is 5.52. The fourth-order valence-corrected chi connectivity index (χ4v) is 4.22. The highest BCUT2D eigenvalue weighted by atomic mass is 35.5. The molecule has 1 aliphatic carbocycles. The van der Waals surface area contributed by atoms with Crippen molar-refractivity contribution in [3.05, 3.63) is 46.4 Å². The Bertz CT molecular complexity index is 775. The number of allylic oxidation sites excluding steroid dienone is 1. The first-order chi connectivity index (χ1) is 11.6. The van der Waals surface area contributed by atoms with E-state index in [0.29, 0.717) is 30.8 Å². The van der Waals surface area contributed by atoms with Crippen molar-refractivity contribution in [2.45, 2.75) is 33.1 Å². The van der Waals surface area contributed by atoms with Crippen LogP contribution in [0.5, 0.6) is 0 Å². The number of nitrogens with zero attached hydrogens (tertiary/aromatic N) is 1. The molecular weight excluding hydrogens is 343 g/mol. The van der Waals surface area contributed by atoms with Gasteiger partial charge in [-0.25, -0.2) is 4.39 Å². The number of halogens is 2. The molecule has 0 bridgehead atoms. The van der Waals surface area contributed by atoms with E-state index < -0.39 is 11.2 Å². The van der Waals surface area contributed by atoms with Crippen molar-refractivity contribution in [2.75, 3.05) is 13.1 Å². The highest BCUT2D eigenvalue weighted by Gasteiger charge is 2.48. The lowest BCUT2D eigenvalue weighted by molar-refractivity contribution is -0.130. The Hall–Kier alpha value is -1.88. The van der Waals surface area contributed by atoms with Gasteiger partial charge in [0.15, 0.2) is 5.78 Å². The Morgan fingerprint density at radius 3 is 2.76 bits per heavy atom. The first-order valence-electron chi connectivity index (χ1n) is 8.37. The summed E-state index contributed by atoms with van der Waals surface area (Å²) in [7, 11) is 0. The van der Waals surface area contributed by atoms with Gasteiger partial charge in [0.2, 0.25) is 5.91 Å². The van der Waals surface area contributed by atoms with Crippen molar-refractivity contribution in [3.63, 3.8) is 0 Å². The molecule has 1 saturated heterocycles. The minimum Gasteiger partial charge on any atom is -0.396 e. The average molecular weight is 365 g/mol. The summed E-state index contributed by atoms with van der Waals surface area (Å²) in [5, 5.41) is 0.0473. The molecule has 1 spiro atoms. The first-order valence-corrected chi connectivity index (χ1v) is 8.75. The number of ketones is 1. The molecule has 0 radical (unpaired) electrons. The fourth-order valence-electron chi connectivity index (χ4n) is 4.10. The summed E-state index contributed by atoms with van der Waals surface area (Å²) in [4.78, 5) is 26.6. The van der Waals surface area contributed by atoms with Gasteiger partial charge in [-0.3, -0.25) is 9.59 Å². The van der Waals surface area contributed by atoms with Crippen LogP contribution in [0.3, 0.4) is 0 Å². The molecule has 25 heavy (non-hydrogen) atoms. The molecule has 1 aromatic carbocycles. The van der Waals surface area contributed by atoms with Crippen LogP contribution in [0.4, 0.5) is 4.39 Å². The van der Waals surface area contributed by atoms with Crippen molar-refractivity contribution in [3.8, 4) is 0 Å². The molecule has 6 heteroatoms. The molecule has 1 atom stereocenters. The summed E-state index contributed by atoms with van der Waals surface area (Å²) in [5.41, 5.74) is 6.07. The zero-order chi connectivity index (χ0) is 18.4. The van der Waals surface area contributed by atoms with Gasteiger partial charge < -0.3 is 10.6 Å². The highest BCUT2D eigenvalue weighted by molar-refractivity contribution is 6.30. The van der Waals surface area contributed by atoms with Crippen LogP contribution in [-0.4, -0.2) is 29.7 Å². The summed E-state index contributed by atoms with van der Waals surface area (Å²) < 4.78 is 13.5. The Labute approximate surface area is 151 Å². The Kier molecular flexibility index (Phi) is 4.40. The van der Waals surface area contributed by atoms with Gasteiger partial charge in [-0.15, -0.1) is 0 Å². The minimum atomic E-state index is -0.520. The van der Waals surface area contributed by atoms with E-state index in [2.05, 4.69) is 0 Å². The summed E-state index contributed by atoms with van der Waals surface area (Å²) in [5.74, 6) is -0.604. The van der Waals surface area contributed by atoms with E-state index in [0.717, 1.165) is 6.42 Å². The van der Waals surface area contributed by atoms with Crippen molar-refractivity contribution in [2.24, 2.45) is 16.6 Å². The molecule has 1 aliphatic heterocycles. The number of likely N-dealkylation sites (tertiary alicyclic amines) is 1. The number of amides is 1. The normalized spacial score (nSPS) is 25.4. The van der Waals surface area contributed by atoms with Crippen molar-refractivity contribution >= 4 is 23.3 Å². The molecule has 0 saturated carbocycles. The quantitative estimate of drug-likeness (QED) is 0.877. The van der Waals surface area contributed by atoms with Crippen LogP contribution >= 0.6 is 11.6 Å². The van der Waals surface area contributed by atoms with Crippen LogP contribution in [0.2, 0.25) is 5.02 Å². The molecule has 1 aromatic rings. The summed E-state index contributed by atoms with van der Waals surface area (Å²) in [6.07, 6.45) is 3.44. The maximum atomic E-state index is 13.5. The standard InChI is InChI=1S/C19H22ClFN2O2/c1-18(2)10-19(9-15(22)17(18)25)5-6-23(11-19)16(24)8-12-3-4-13(20)14(21)7-12/h3-4,7,9H,5-6,8,10-11,22H2,1-2H3/t19-/m1/s1. The largest absolute Gasteiger partial charge is 0.396 e. The van der Waals surface area contributed by atoms with Crippen molar-refractivity contribution < 1.29 is 14.0 Å². The highest BCUT2D eigenvalue weighted by Crippen LogP contribution is 2.47. The molecule has 0 unspecified atom stereocenters. The van der Waals surface area contributed by atoms with Gasteiger partial charge in [-0.2, -0.15) is 0 Å². The number of Topliss-reactive ketones (excluding diaryl/α,β-unsaturated/α-hetero) is 1. The number of rotatable bonds is 2. The topological polar surface area (TPSA) is 63.4 Å². The number of benzene rings is 1. The lowest BCUT2D eigenvalue weighted by Gasteiger charge is -2.39. The zero-order valence-corrected chi connectivity index (χ0v) is 15.2. The van der Waals surface area contributed by atoms with E-state index in [-0.39, 0.29) is 28.5 Å². The number of carbonyl (C=O) groups is 2. The molecule has 134 valence electrons. The van der Waals surface area contributed by atoms with Crippen LogP contribution in [0.25, 0.3) is 0 Å². The predicted molar refractivity (Wildman–Crippen MR) is 94.4 cm³/mol. The van der Waals surface area contributed by atoms with Gasteiger partial charge in [0.05, 0.1) is 17.1 Å². The molecule has 1 heterocycles. The van der Waals surface area contributed by atoms with Gasteiger partial charge in [0, 0.05) is 23.9 Å². The minimum absolute atomic E-state index is 0.0282. The van der Waals surface area contributed by atoms with Gasteiger partial charge >= 0.3 is 0 Å². The number of nitrogens with two attached hydrogens (primary N) is 1. The average Bonchev–Trinajstić information content (AvgIpc) is 2.91. The van der Waals surface area contributed by atoms with E-state index in [9.17, 15) is 14.0 Å². The third kappa shape index (κ3) is 3.43. The van der Waals surface area contributed by atoms with E-state index in [1.54, 1.807) is 11.0 Å². The second kappa shape index (κ2) is 6.13. The number of hydrogen-bond donors (Lipinski definition) is 1. The maximum absolute atomic E-state index is 13.5. The van der Waals surface area contributed by atoms with Gasteiger partial charge in [-0.05, 0) is 36.6 Å². The van der Waals surface area contributed by atoms with E-state index in [1.807, 2.05) is 19.9 Å². The Morgan fingerprint density at radius 2 is 2.12 bits per heavy atom. The molecule has 2 aliphatic rings. The second-order valence-corrected chi connectivity index (χ2v) is 8.25. The molecule has 2 N–H and O–H groups in total. The molecule has 3 rings (SSSR count). The predicted octanol–water partition coefficient (Wildman–Crippen LogP) is 3.08. The van der Waals surface area contributed by atoms with Gasteiger partial charge in [0.25, 0.3) is 0 Å². The van der Waals surface area contributed by atoms with Crippen molar-refractivity contribution in [1.29, 1.82) is 0 Å². The molecular formula is C19H22ClFN2O2.